The van der Waals surface area contributed by atoms with E-state index in [0.717, 1.165) is 0 Å². The Morgan fingerprint density at radius 1 is 1.39 bits per heavy atom. The Morgan fingerprint density at radius 2 is 1.89 bits per heavy atom. The SMILES string of the molecule is C/C=C\N(C)[C@@H](C)C(C)(I)NC(=O)OC(C)(C)C. The molecule has 18 heavy (non-hydrogen) atoms. The molecular weight excluding hydrogens is 343 g/mol. The second-order valence-electron chi connectivity index (χ2n) is 5.53. The Balaban J connectivity index is 4.59. The summed E-state index contributed by atoms with van der Waals surface area (Å²) >= 11 is 2.24. The van der Waals surface area contributed by atoms with Crippen molar-refractivity contribution < 1.29 is 9.53 Å². The summed E-state index contributed by atoms with van der Waals surface area (Å²) in [4.78, 5) is 13.8. The van der Waals surface area contributed by atoms with Crippen LogP contribution in [0.2, 0.25) is 0 Å². The Kier molecular flexibility index (Phi) is 6.46. The fourth-order valence-electron chi connectivity index (χ4n) is 1.35. The van der Waals surface area contributed by atoms with Crippen LogP contribution in [0.4, 0.5) is 4.79 Å². The summed E-state index contributed by atoms with van der Waals surface area (Å²) in [6, 6.07) is 0.141. The molecule has 0 aromatic carbocycles. The van der Waals surface area contributed by atoms with E-state index in [4.69, 9.17) is 4.74 Å². The van der Waals surface area contributed by atoms with Crippen LogP contribution in [-0.2, 0) is 4.74 Å². The van der Waals surface area contributed by atoms with Crippen molar-refractivity contribution in [3.05, 3.63) is 12.3 Å². The van der Waals surface area contributed by atoms with Crippen molar-refractivity contribution in [3.63, 3.8) is 0 Å². The molecular formula is C13H25IN2O2. The first-order valence-corrected chi connectivity index (χ1v) is 7.12. The molecule has 0 spiro atoms. The maximum atomic E-state index is 11.8. The standard InChI is InChI=1S/C13H25IN2O2/c1-8-9-16(7)10(2)13(6,14)15-11(17)18-12(3,4)5/h8-10H,1-7H3,(H,15,17)/b9-8-/t10-,13?/m0/s1. The van der Waals surface area contributed by atoms with Crippen LogP contribution in [0.15, 0.2) is 12.3 Å². The molecule has 1 unspecified atom stereocenters. The average Bonchev–Trinajstić information content (AvgIpc) is 2.12. The number of hydrogen-bond donors (Lipinski definition) is 1. The second kappa shape index (κ2) is 6.63. The first-order valence-electron chi connectivity index (χ1n) is 6.04. The molecule has 0 aliphatic carbocycles. The number of nitrogens with zero attached hydrogens (tertiary/aromatic N) is 1. The Bertz CT molecular complexity index is 309. The normalized spacial score (nSPS) is 17.1. The third kappa shape index (κ3) is 6.47. The van der Waals surface area contributed by atoms with Crippen LogP contribution >= 0.6 is 22.6 Å². The summed E-state index contributed by atoms with van der Waals surface area (Å²) in [5.74, 6) is 0. The summed E-state index contributed by atoms with van der Waals surface area (Å²) < 4.78 is 4.86. The van der Waals surface area contributed by atoms with Gasteiger partial charge in [0, 0.05) is 7.05 Å². The van der Waals surface area contributed by atoms with E-state index in [1.54, 1.807) is 0 Å². The molecule has 0 aromatic heterocycles. The first kappa shape index (κ1) is 17.5. The lowest BCUT2D eigenvalue weighted by atomic mass is 10.1. The zero-order valence-corrected chi connectivity index (χ0v) is 14.5. The third-order valence-corrected chi connectivity index (χ3v) is 3.70. The fraction of sp³-hybridized carbons (Fsp3) is 0.769. The minimum absolute atomic E-state index is 0.141. The number of amides is 1. The van der Waals surface area contributed by atoms with Gasteiger partial charge in [-0.05, 0) is 47.7 Å². The maximum Gasteiger partial charge on any atom is 0.408 e. The highest BCUT2D eigenvalue weighted by Gasteiger charge is 2.33. The van der Waals surface area contributed by atoms with Gasteiger partial charge in [0.05, 0.1) is 6.04 Å². The lowest BCUT2D eigenvalue weighted by molar-refractivity contribution is 0.0481. The average molecular weight is 368 g/mol. The van der Waals surface area contributed by atoms with Gasteiger partial charge in [0.1, 0.15) is 9.15 Å². The molecule has 0 aliphatic heterocycles. The van der Waals surface area contributed by atoms with Gasteiger partial charge in [-0.1, -0.05) is 28.7 Å². The van der Waals surface area contributed by atoms with Crippen molar-refractivity contribution in [2.45, 2.75) is 56.7 Å². The molecule has 0 saturated heterocycles. The highest BCUT2D eigenvalue weighted by molar-refractivity contribution is 14.1. The number of allylic oxidation sites excluding steroid dienone is 1. The topological polar surface area (TPSA) is 41.6 Å². The van der Waals surface area contributed by atoms with Crippen molar-refractivity contribution >= 4 is 28.7 Å². The molecule has 4 nitrogen and oxygen atoms in total. The van der Waals surface area contributed by atoms with Gasteiger partial charge in [0.2, 0.25) is 0 Å². The molecule has 0 aliphatic rings. The minimum atomic E-state index is -0.477. The van der Waals surface area contributed by atoms with Crippen LogP contribution in [0.25, 0.3) is 0 Å². The number of rotatable bonds is 4. The number of halogens is 1. The Hall–Kier alpha value is -0.460. The van der Waals surface area contributed by atoms with Crippen LogP contribution in [-0.4, -0.2) is 33.2 Å². The predicted molar refractivity (Wildman–Crippen MR) is 83.8 cm³/mol. The molecule has 1 amide bonds. The quantitative estimate of drug-likeness (QED) is 0.469. The van der Waals surface area contributed by atoms with Crippen LogP contribution in [0.3, 0.4) is 0 Å². The molecule has 2 atom stereocenters. The molecule has 106 valence electrons. The highest BCUT2D eigenvalue weighted by Crippen LogP contribution is 2.24. The van der Waals surface area contributed by atoms with E-state index in [0.29, 0.717) is 0 Å². The molecule has 0 bridgehead atoms. The van der Waals surface area contributed by atoms with Crippen molar-refractivity contribution in [3.8, 4) is 0 Å². The van der Waals surface area contributed by atoms with E-state index in [2.05, 4.69) is 39.7 Å². The van der Waals surface area contributed by atoms with Crippen LogP contribution in [0, 0.1) is 0 Å². The lowest BCUT2D eigenvalue weighted by Gasteiger charge is -2.37. The van der Waals surface area contributed by atoms with E-state index >= 15 is 0 Å². The van der Waals surface area contributed by atoms with Gasteiger partial charge in [-0.15, -0.1) is 0 Å². The van der Waals surface area contributed by atoms with Crippen LogP contribution in [0.1, 0.15) is 41.5 Å². The monoisotopic (exact) mass is 368 g/mol. The van der Waals surface area contributed by atoms with Gasteiger partial charge >= 0.3 is 6.09 Å². The molecule has 0 radical (unpaired) electrons. The molecule has 0 rings (SSSR count). The first-order chi connectivity index (χ1) is 7.99. The number of alkyl halides is 1. The number of alkyl carbamates (subject to hydrolysis) is 1. The number of hydrogen-bond acceptors (Lipinski definition) is 3. The van der Waals surface area contributed by atoms with E-state index < -0.39 is 9.15 Å². The van der Waals surface area contributed by atoms with Gasteiger partial charge < -0.3 is 15.0 Å². The van der Waals surface area contributed by atoms with E-state index in [1.165, 1.54) is 0 Å². The number of nitrogens with one attached hydrogen (secondary N) is 1. The number of ether oxygens (including phenoxy) is 1. The molecule has 0 fully saturated rings. The van der Waals surface area contributed by atoms with Gasteiger partial charge in [0.15, 0.2) is 0 Å². The van der Waals surface area contributed by atoms with Crippen molar-refractivity contribution in [2.75, 3.05) is 7.05 Å². The van der Waals surface area contributed by atoms with Crippen molar-refractivity contribution in [1.29, 1.82) is 0 Å². The second-order valence-corrected chi connectivity index (χ2v) is 7.77. The van der Waals surface area contributed by atoms with Gasteiger partial charge in [-0.25, -0.2) is 4.79 Å². The van der Waals surface area contributed by atoms with E-state index in [-0.39, 0.29) is 12.1 Å². The summed E-state index contributed by atoms with van der Waals surface area (Å²) in [7, 11) is 1.98. The highest BCUT2D eigenvalue weighted by atomic mass is 127. The van der Waals surface area contributed by atoms with Crippen molar-refractivity contribution in [1.82, 2.24) is 10.2 Å². The Morgan fingerprint density at radius 3 is 2.28 bits per heavy atom. The number of carbonyl (C=O) groups is 1. The van der Waals surface area contributed by atoms with Gasteiger partial charge in [-0.2, -0.15) is 0 Å². The number of likely N-dealkylation sites (N-methyl/N-ethyl adjacent to an activating group) is 1. The summed E-state index contributed by atoms with van der Waals surface area (Å²) in [6.07, 6.45) is 3.56. The summed E-state index contributed by atoms with van der Waals surface area (Å²) in [5, 5.41) is 2.90. The third-order valence-electron chi connectivity index (χ3n) is 2.53. The van der Waals surface area contributed by atoms with E-state index in [9.17, 15) is 4.79 Å². The fourth-order valence-corrected chi connectivity index (χ4v) is 2.01. The lowest BCUT2D eigenvalue weighted by Crippen LogP contribution is -2.54. The largest absolute Gasteiger partial charge is 0.444 e. The molecule has 5 heteroatoms. The van der Waals surface area contributed by atoms with Crippen LogP contribution in [0.5, 0.6) is 0 Å². The molecule has 1 N–H and O–H groups in total. The summed E-state index contributed by atoms with van der Waals surface area (Å²) in [6.45, 7) is 11.6. The maximum absolute atomic E-state index is 11.8. The van der Waals surface area contributed by atoms with Gasteiger partial charge in [-0.3, -0.25) is 0 Å². The smallest absolute Gasteiger partial charge is 0.408 e. The van der Waals surface area contributed by atoms with Crippen molar-refractivity contribution in [2.24, 2.45) is 0 Å². The van der Waals surface area contributed by atoms with Gasteiger partial charge in [0.25, 0.3) is 0 Å². The Labute approximate surface area is 124 Å². The van der Waals surface area contributed by atoms with Crippen LogP contribution < -0.4 is 5.32 Å². The molecule has 0 aromatic rings. The molecule has 0 heterocycles. The minimum Gasteiger partial charge on any atom is -0.444 e. The summed E-state index contributed by atoms with van der Waals surface area (Å²) in [5.41, 5.74) is -0.477. The van der Waals surface area contributed by atoms with E-state index in [1.807, 2.05) is 53.9 Å². The predicted octanol–water partition coefficient (Wildman–Crippen LogP) is 3.52. The number of carbonyl (C=O) groups excluding carboxylic acids is 1. The zero-order chi connectivity index (χ0) is 14.6. The molecule has 0 saturated carbocycles. The zero-order valence-electron chi connectivity index (χ0n) is 12.4.